The third-order valence-corrected chi connectivity index (χ3v) is 6.08. The summed E-state index contributed by atoms with van der Waals surface area (Å²) in [4.78, 5) is 14.0. The van der Waals surface area contributed by atoms with Crippen molar-refractivity contribution >= 4 is 34.1 Å². The standard InChI is InChI=1S/C21H21F2N3OS/c22-16-12-18(17(23)11-15(16)13-3-7-24-8-4-13)26-21(27)20-2-1-19(28-20)14-5-9-25-10-6-14/h1-3,5,11-12,24-25H,4,6-10H2,(H,26,27). The third-order valence-electron chi connectivity index (χ3n) is 4.92. The summed E-state index contributed by atoms with van der Waals surface area (Å²) >= 11 is 1.36. The zero-order valence-corrected chi connectivity index (χ0v) is 16.1. The number of benzene rings is 1. The van der Waals surface area contributed by atoms with E-state index in [4.69, 9.17) is 0 Å². The van der Waals surface area contributed by atoms with Gasteiger partial charge in [0, 0.05) is 29.6 Å². The van der Waals surface area contributed by atoms with E-state index in [9.17, 15) is 13.6 Å². The topological polar surface area (TPSA) is 53.2 Å². The molecule has 0 bridgehead atoms. The zero-order valence-electron chi connectivity index (χ0n) is 15.3. The number of nitrogens with one attached hydrogen (secondary N) is 3. The molecule has 4 nitrogen and oxygen atoms in total. The molecule has 1 aromatic carbocycles. The fourth-order valence-electron chi connectivity index (χ4n) is 3.42. The van der Waals surface area contributed by atoms with E-state index in [0.717, 1.165) is 42.6 Å². The Hall–Kier alpha value is -2.35. The quantitative estimate of drug-likeness (QED) is 0.725. The van der Waals surface area contributed by atoms with Crippen molar-refractivity contribution in [1.29, 1.82) is 0 Å². The summed E-state index contributed by atoms with van der Waals surface area (Å²) in [5, 5.41) is 8.90. The van der Waals surface area contributed by atoms with Gasteiger partial charge in [0.2, 0.25) is 0 Å². The zero-order chi connectivity index (χ0) is 19.5. The van der Waals surface area contributed by atoms with Gasteiger partial charge in [0.1, 0.15) is 11.6 Å². The minimum absolute atomic E-state index is 0.142. The monoisotopic (exact) mass is 401 g/mol. The Morgan fingerprint density at radius 1 is 0.964 bits per heavy atom. The molecular formula is C21H21F2N3OS. The molecule has 0 spiro atoms. The molecule has 4 rings (SSSR count). The molecule has 3 heterocycles. The Balaban J connectivity index is 1.52. The summed E-state index contributed by atoms with van der Waals surface area (Å²) in [6.07, 6.45) is 5.53. The maximum Gasteiger partial charge on any atom is 0.265 e. The van der Waals surface area contributed by atoms with Crippen molar-refractivity contribution in [2.24, 2.45) is 0 Å². The molecule has 0 atom stereocenters. The molecule has 1 amide bonds. The smallest absolute Gasteiger partial charge is 0.265 e. The number of amides is 1. The number of halogens is 2. The van der Waals surface area contributed by atoms with E-state index in [1.54, 1.807) is 6.07 Å². The Bertz CT molecular complexity index is 965. The van der Waals surface area contributed by atoms with Gasteiger partial charge in [-0.15, -0.1) is 11.3 Å². The molecule has 0 fully saturated rings. The van der Waals surface area contributed by atoms with Gasteiger partial charge in [0.25, 0.3) is 5.91 Å². The van der Waals surface area contributed by atoms with Crippen molar-refractivity contribution < 1.29 is 13.6 Å². The van der Waals surface area contributed by atoms with Gasteiger partial charge in [-0.05, 0) is 55.3 Å². The second-order valence-electron chi connectivity index (χ2n) is 6.80. The molecule has 146 valence electrons. The molecule has 2 aromatic rings. The van der Waals surface area contributed by atoms with E-state index in [1.165, 1.54) is 23.0 Å². The molecule has 0 unspecified atom stereocenters. The average Bonchev–Trinajstić information content (AvgIpc) is 3.22. The summed E-state index contributed by atoms with van der Waals surface area (Å²) in [6.45, 7) is 3.10. The van der Waals surface area contributed by atoms with Crippen molar-refractivity contribution in [3.63, 3.8) is 0 Å². The van der Waals surface area contributed by atoms with E-state index < -0.39 is 17.5 Å². The van der Waals surface area contributed by atoms with Crippen LogP contribution in [0.15, 0.2) is 36.4 Å². The Morgan fingerprint density at radius 3 is 2.36 bits per heavy atom. The van der Waals surface area contributed by atoms with Gasteiger partial charge < -0.3 is 16.0 Å². The first-order chi connectivity index (χ1) is 13.6. The van der Waals surface area contributed by atoms with Crippen molar-refractivity contribution in [2.75, 3.05) is 31.5 Å². The van der Waals surface area contributed by atoms with Crippen LogP contribution in [0.2, 0.25) is 0 Å². The summed E-state index contributed by atoms with van der Waals surface area (Å²) in [5.41, 5.74) is 2.11. The second kappa shape index (κ2) is 8.34. The van der Waals surface area contributed by atoms with Crippen LogP contribution in [0.25, 0.3) is 11.1 Å². The predicted octanol–water partition coefficient (Wildman–Crippen LogP) is 4.03. The normalized spacial score (nSPS) is 17.1. The van der Waals surface area contributed by atoms with Gasteiger partial charge in [-0.1, -0.05) is 12.2 Å². The van der Waals surface area contributed by atoms with Crippen molar-refractivity contribution in [3.8, 4) is 0 Å². The molecule has 2 aliphatic rings. The maximum absolute atomic E-state index is 14.5. The molecule has 2 aliphatic heterocycles. The van der Waals surface area contributed by atoms with Crippen LogP contribution in [-0.4, -0.2) is 32.1 Å². The molecule has 3 N–H and O–H groups in total. The van der Waals surface area contributed by atoms with Crippen LogP contribution < -0.4 is 16.0 Å². The van der Waals surface area contributed by atoms with Gasteiger partial charge >= 0.3 is 0 Å². The molecular weight excluding hydrogens is 380 g/mol. The number of anilines is 1. The fourth-order valence-corrected chi connectivity index (χ4v) is 4.39. The van der Waals surface area contributed by atoms with Crippen LogP contribution in [0.1, 0.15) is 33.0 Å². The van der Waals surface area contributed by atoms with Gasteiger partial charge in [-0.25, -0.2) is 8.78 Å². The highest BCUT2D eigenvalue weighted by atomic mass is 32.1. The minimum atomic E-state index is -0.637. The lowest BCUT2D eigenvalue weighted by molar-refractivity contribution is 0.103. The van der Waals surface area contributed by atoms with E-state index in [2.05, 4.69) is 22.0 Å². The lowest BCUT2D eigenvalue weighted by atomic mass is 9.99. The average molecular weight is 401 g/mol. The van der Waals surface area contributed by atoms with Crippen LogP contribution in [0.3, 0.4) is 0 Å². The number of rotatable bonds is 4. The maximum atomic E-state index is 14.5. The molecule has 7 heteroatoms. The summed E-state index contributed by atoms with van der Waals surface area (Å²) in [5.74, 6) is -1.60. The van der Waals surface area contributed by atoms with Crippen LogP contribution in [0.4, 0.5) is 14.5 Å². The highest BCUT2D eigenvalue weighted by Gasteiger charge is 2.18. The fraction of sp³-hybridized carbons (Fsp3) is 0.286. The van der Waals surface area contributed by atoms with Crippen molar-refractivity contribution in [1.82, 2.24) is 10.6 Å². The van der Waals surface area contributed by atoms with Crippen LogP contribution in [-0.2, 0) is 0 Å². The van der Waals surface area contributed by atoms with Gasteiger partial charge in [-0.3, -0.25) is 4.79 Å². The summed E-state index contributed by atoms with van der Waals surface area (Å²) in [7, 11) is 0. The molecule has 0 radical (unpaired) electrons. The van der Waals surface area contributed by atoms with Crippen molar-refractivity contribution in [2.45, 2.75) is 12.8 Å². The molecule has 0 aliphatic carbocycles. The largest absolute Gasteiger partial charge is 0.319 e. The van der Waals surface area contributed by atoms with Crippen LogP contribution in [0, 0.1) is 11.6 Å². The summed E-state index contributed by atoms with van der Waals surface area (Å²) in [6, 6.07) is 5.86. The molecule has 1 aromatic heterocycles. The van der Waals surface area contributed by atoms with Gasteiger partial charge in [0.05, 0.1) is 10.6 Å². The number of carbonyl (C=O) groups is 1. The first kappa shape index (κ1) is 19.0. The van der Waals surface area contributed by atoms with E-state index in [1.807, 2.05) is 12.1 Å². The Labute approximate surface area is 166 Å². The van der Waals surface area contributed by atoms with Crippen molar-refractivity contribution in [3.05, 3.63) is 63.4 Å². The number of hydrogen-bond acceptors (Lipinski definition) is 4. The van der Waals surface area contributed by atoms with E-state index in [-0.39, 0.29) is 11.3 Å². The SMILES string of the molecule is O=C(Nc1cc(F)c(C2=CCNCC2)cc1F)c1ccc(C2=CCNCC2)s1. The minimum Gasteiger partial charge on any atom is -0.319 e. The summed E-state index contributed by atoms with van der Waals surface area (Å²) < 4.78 is 29.0. The van der Waals surface area contributed by atoms with Crippen LogP contribution in [0.5, 0.6) is 0 Å². The van der Waals surface area contributed by atoms with E-state index >= 15 is 0 Å². The lowest BCUT2D eigenvalue weighted by Crippen LogP contribution is -2.20. The first-order valence-corrected chi connectivity index (χ1v) is 10.1. The van der Waals surface area contributed by atoms with Gasteiger partial charge in [-0.2, -0.15) is 0 Å². The number of carbonyl (C=O) groups excluding carboxylic acids is 1. The highest BCUT2D eigenvalue weighted by molar-refractivity contribution is 7.15. The Kier molecular flexibility index (Phi) is 5.66. The second-order valence-corrected chi connectivity index (χ2v) is 7.88. The first-order valence-electron chi connectivity index (χ1n) is 9.32. The molecule has 0 saturated heterocycles. The number of thiophene rings is 1. The predicted molar refractivity (Wildman–Crippen MR) is 110 cm³/mol. The van der Waals surface area contributed by atoms with E-state index in [0.29, 0.717) is 17.8 Å². The molecule has 0 saturated carbocycles. The van der Waals surface area contributed by atoms with Gasteiger partial charge in [0.15, 0.2) is 0 Å². The Morgan fingerprint density at radius 2 is 1.68 bits per heavy atom. The molecule has 28 heavy (non-hydrogen) atoms. The lowest BCUT2D eigenvalue weighted by Gasteiger charge is -2.16. The highest BCUT2D eigenvalue weighted by Crippen LogP contribution is 2.30. The number of hydrogen-bond donors (Lipinski definition) is 3. The van der Waals surface area contributed by atoms with Crippen LogP contribution >= 0.6 is 11.3 Å². The third kappa shape index (κ3) is 4.06.